The second-order valence-corrected chi connectivity index (χ2v) is 4.07. The normalized spacial score (nSPS) is 12.0. The Morgan fingerprint density at radius 1 is 1.50 bits per heavy atom. The summed E-state index contributed by atoms with van der Waals surface area (Å²) in [6.07, 6.45) is 1.80. The van der Waals surface area contributed by atoms with Crippen LogP contribution in [0.1, 0.15) is 37.4 Å². The summed E-state index contributed by atoms with van der Waals surface area (Å²) >= 11 is 1.56. The lowest BCUT2D eigenvalue weighted by Crippen LogP contribution is -2.26. The van der Waals surface area contributed by atoms with Crippen molar-refractivity contribution in [1.82, 2.24) is 4.98 Å². The van der Waals surface area contributed by atoms with E-state index in [0.717, 1.165) is 23.5 Å². The number of methoxy groups -OCH3 is 1. The van der Waals surface area contributed by atoms with E-state index < -0.39 is 0 Å². The number of aliphatic hydroxyl groups is 1. The van der Waals surface area contributed by atoms with E-state index in [9.17, 15) is 0 Å². The molecule has 3 nitrogen and oxygen atoms in total. The van der Waals surface area contributed by atoms with Crippen LogP contribution in [0, 0.1) is 0 Å². The van der Waals surface area contributed by atoms with E-state index in [1.807, 2.05) is 5.38 Å². The summed E-state index contributed by atoms with van der Waals surface area (Å²) in [5, 5.41) is 11.8. The Kier molecular flexibility index (Phi) is 4.04. The van der Waals surface area contributed by atoms with E-state index in [1.54, 1.807) is 18.4 Å². The molecule has 0 radical (unpaired) electrons. The van der Waals surface area contributed by atoms with E-state index >= 15 is 0 Å². The molecule has 1 aromatic rings. The highest BCUT2D eigenvalue weighted by Crippen LogP contribution is 2.34. The molecule has 4 heteroatoms. The molecule has 1 heterocycles. The third-order valence-corrected chi connectivity index (χ3v) is 3.71. The Bertz CT molecular complexity index is 273. The topological polar surface area (TPSA) is 42.4 Å². The zero-order valence-corrected chi connectivity index (χ0v) is 9.73. The van der Waals surface area contributed by atoms with Gasteiger partial charge in [0, 0.05) is 12.5 Å². The molecule has 80 valence electrons. The molecule has 0 fully saturated rings. The number of aromatic nitrogens is 1. The highest BCUT2D eigenvalue weighted by Gasteiger charge is 2.31. The van der Waals surface area contributed by atoms with Crippen molar-refractivity contribution >= 4 is 11.3 Å². The van der Waals surface area contributed by atoms with Gasteiger partial charge in [0.15, 0.2) is 0 Å². The van der Waals surface area contributed by atoms with E-state index in [1.165, 1.54) is 0 Å². The van der Waals surface area contributed by atoms with Crippen molar-refractivity contribution in [2.75, 3.05) is 7.11 Å². The molecule has 0 atom stereocenters. The van der Waals surface area contributed by atoms with Gasteiger partial charge in [-0.15, -0.1) is 11.3 Å². The molecule has 0 saturated carbocycles. The third kappa shape index (κ3) is 1.97. The molecular weight excluding hydrogens is 198 g/mol. The Hall–Kier alpha value is -0.450. The first kappa shape index (κ1) is 11.6. The molecule has 0 amide bonds. The van der Waals surface area contributed by atoms with Crippen LogP contribution < -0.4 is 0 Å². The first-order chi connectivity index (χ1) is 6.72. The number of hydrogen-bond donors (Lipinski definition) is 1. The molecule has 1 aromatic heterocycles. The van der Waals surface area contributed by atoms with Gasteiger partial charge >= 0.3 is 0 Å². The van der Waals surface area contributed by atoms with Gasteiger partial charge in [0.25, 0.3) is 0 Å². The molecule has 0 saturated heterocycles. The maximum atomic E-state index is 8.94. The fraction of sp³-hybridized carbons (Fsp3) is 0.700. The highest BCUT2D eigenvalue weighted by atomic mass is 32.1. The molecule has 0 aliphatic carbocycles. The van der Waals surface area contributed by atoms with Crippen molar-refractivity contribution in [2.24, 2.45) is 0 Å². The van der Waals surface area contributed by atoms with Crippen molar-refractivity contribution in [1.29, 1.82) is 0 Å². The van der Waals surface area contributed by atoms with Crippen LogP contribution in [0.15, 0.2) is 5.38 Å². The number of thiazole rings is 1. The molecule has 0 unspecified atom stereocenters. The second-order valence-electron chi connectivity index (χ2n) is 3.21. The van der Waals surface area contributed by atoms with Gasteiger partial charge in [-0.25, -0.2) is 4.98 Å². The van der Waals surface area contributed by atoms with Crippen molar-refractivity contribution in [2.45, 2.75) is 38.9 Å². The van der Waals surface area contributed by atoms with Crippen molar-refractivity contribution in [3.63, 3.8) is 0 Å². The zero-order chi connectivity index (χ0) is 10.6. The maximum absolute atomic E-state index is 8.94. The van der Waals surface area contributed by atoms with E-state index in [-0.39, 0.29) is 12.2 Å². The van der Waals surface area contributed by atoms with Gasteiger partial charge in [-0.05, 0) is 12.8 Å². The van der Waals surface area contributed by atoms with E-state index in [2.05, 4.69) is 18.8 Å². The molecule has 1 rings (SSSR count). The van der Waals surface area contributed by atoms with Crippen LogP contribution >= 0.6 is 11.3 Å². The number of ether oxygens (including phenoxy) is 1. The van der Waals surface area contributed by atoms with Gasteiger partial charge in [-0.1, -0.05) is 13.8 Å². The Morgan fingerprint density at radius 3 is 2.50 bits per heavy atom. The van der Waals surface area contributed by atoms with Gasteiger partial charge in [0.1, 0.15) is 10.6 Å². The van der Waals surface area contributed by atoms with Crippen molar-refractivity contribution < 1.29 is 9.84 Å². The van der Waals surface area contributed by atoms with Crippen LogP contribution in [0.2, 0.25) is 0 Å². The first-order valence-electron chi connectivity index (χ1n) is 4.83. The van der Waals surface area contributed by atoms with Crippen molar-refractivity contribution in [3.05, 3.63) is 16.1 Å². The molecule has 14 heavy (non-hydrogen) atoms. The van der Waals surface area contributed by atoms with Gasteiger partial charge < -0.3 is 9.84 Å². The lowest BCUT2D eigenvalue weighted by Gasteiger charge is -2.27. The minimum absolute atomic E-state index is 0.00369. The summed E-state index contributed by atoms with van der Waals surface area (Å²) in [7, 11) is 1.72. The minimum Gasteiger partial charge on any atom is -0.390 e. The van der Waals surface area contributed by atoms with Crippen LogP contribution in [-0.4, -0.2) is 17.2 Å². The van der Waals surface area contributed by atoms with Gasteiger partial charge in [-0.3, -0.25) is 0 Å². The Balaban J connectivity index is 2.98. The largest absolute Gasteiger partial charge is 0.390 e. The SMILES string of the molecule is CCC(CC)(OC)c1nc(CO)cs1. The average molecular weight is 215 g/mol. The van der Waals surface area contributed by atoms with Crippen LogP contribution in [-0.2, 0) is 16.9 Å². The molecule has 0 spiro atoms. The molecule has 0 bridgehead atoms. The quantitative estimate of drug-likeness (QED) is 0.819. The summed E-state index contributed by atoms with van der Waals surface area (Å²) < 4.78 is 5.55. The van der Waals surface area contributed by atoms with Crippen LogP contribution in [0.5, 0.6) is 0 Å². The van der Waals surface area contributed by atoms with Crippen molar-refractivity contribution in [3.8, 4) is 0 Å². The molecular formula is C10H17NO2S. The third-order valence-electron chi connectivity index (χ3n) is 2.64. The fourth-order valence-electron chi connectivity index (χ4n) is 1.52. The van der Waals surface area contributed by atoms with Gasteiger partial charge in [0.2, 0.25) is 0 Å². The lowest BCUT2D eigenvalue weighted by atomic mass is 9.98. The summed E-state index contributed by atoms with van der Waals surface area (Å²) in [5.41, 5.74) is 0.464. The molecule has 0 aliphatic heterocycles. The average Bonchev–Trinajstić information content (AvgIpc) is 2.71. The first-order valence-corrected chi connectivity index (χ1v) is 5.71. The summed E-state index contributed by atoms with van der Waals surface area (Å²) in [4.78, 5) is 4.36. The molecule has 0 aliphatic rings. The minimum atomic E-state index is -0.266. The standard InChI is InChI=1S/C10H17NO2S/c1-4-10(5-2,13-3)9-11-8(6-12)7-14-9/h7,12H,4-6H2,1-3H3. The smallest absolute Gasteiger partial charge is 0.125 e. The highest BCUT2D eigenvalue weighted by molar-refractivity contribution is 7.09. The predicted molar refractivity (Wildman–Crippen MR) is 57.3 cm³/mol. The number of nitrogens with zero attached hydrogens (tertiary/aromatic N) is 1. The molecule has 1 N–H and O–H groups in total. The molecule has 0 aromatic carbocycles. The number of rotatable bonds is 5. The van der Waals surface area contributed by atoms with Crippen LogP contribution in [0.4, 0.5) is 0 Å². The summed E-state index contributed by atoms with van der Waals surface area (Å²) in [6.45, 7) is 4.18. The second kappa shape index (κ2) is 4.87. The van der Waals surface area contributed by atoms with Crippen LogP contribution in [0.3, 0.4) is 0 Å². The van der Waals surface area contributed by atoms with E-state index in [0.29, 0.717) is 0 Å². The van der Waals surface area contributed by atoms with E-state index in [4.69, 9.17) is 9.84 Å². The predicted octanol–water partition coefficient (Wildman–Crippen LogP) is 2.30. The monoisotopic (exact) mass is 215 g/mol. The van der Waals surface area contributed by atoms with Gasteiger partial charge in [0.05, 0.1) is 12.3 Å². The summed E-state index contributed by atoms with van der Waals surface area (Å²) in [6, 6.07) is 0. The maximum Gasteiger partial charge on any atom is 0.125 e. The Labute approximate surface area is 88.8 Å². The zero-order valence-electron chi connectivity index (χ0n) is 8.91. The number of aliphatic hydroxyl groups excluding tert-OH is 1. The van der Waals surface area contributed by atoms with Crippen LogP contribution in [0.25, 0.3) is 0 Å². The Morgan fingerprint density at radius 2 is 2.14 bits per heavy atom. The fourth-order valence-corrected chi connectivity index (χ4v) is 2.65. The number of hydrogen-bond acceptors (Lipinski definition) is 4. The van der Waals surface area contributed by atoms with Gasteiger partial charge in [-0.2, -0.15) is 0 Å². The lowest BCUT2D eigenvalue weighted by molar-refractivity contribution is -0.0220. The summed E-state index contributed by atoms with van der Waals surface area (Å²) in [5.74, 6) is 0.